The fourth-order valence-corrected chi connectivity index (χ4v) is 2.67. The van der Waals surface area contributed by atoms with E-state index in [-0.39, 0.29) is 5.91 Å². The molecule has 0 radical (unpaired) electrons. The Kier molecular flexibility index (Phi) is 6.02. The van der Waals surface area contributed by atoms with Crippen LogP contribution < -0.4 is 15.8 Å². The third-order valence-corrected chi connectivity index (χ3v) is 4.08. The van der Waals surface area contributed by atoms with E-state index in [0.29, 0.717) is 18.1 Å². The first kappa shape index (κ1) is 15.8. The number of carbonyl (C=O) groups excluding carboxylic acids is 1. The number of anilines is 1. The normalized spacial score (nSPS) is 16.7. The zero-order valence-corrected chi connectivity index (χ0v) is 12.7. The Labute approximate surface area is 126 Å². The molecule has 1 aliphatic heterocycles. The molecule has 1 amide bonds. The highest BCUT2D eigenvalue weighted by Crippen LogP contribution is 2.23. The van der Waals surface area contributed by atoms with Crippen molar-refractivity contribution in [1.29, 1.82) is 0 Å². The van der Waals surface area contributed by atoms with Crippen LogP contribution in [0.4, 0.5) is 5.69 Å². The Morgan fingerprint density at radius 2 is 2.10 bits per heavy atom. The highest BCUT2D eigenvalue weighted by Gasteiger charge is 2.18. The number of para-hydroxylation sites is 2. The minimum atomic E-state index is 0.0282. The molecule has 1 saturated heterocycles. The summed E-state index contributed by atoms with van der Waals surface area (Å²) >= 11 is 0. The summed E-state index contributed by atoms with van der Waals surface area (Å²) in [5.41, 5.74) is 6.42. The molecule has 1 aliphatic rings. The lowest BCUT2D eigenvalue weighted by atomic mass is 9.97. The number of ether oxygens (including phenoxy) is 1. The Hall–Kier alpha value is -1.59. The highest BCUT2D eigenvalue weighted by atomic mass is 16.5. The molecule has 0 bridgehead atoms. The van der Waals surface area contributed by atoms with Crippen molar-refractivity contribution in [3.8, 4) is 5.75 Å². The summed E-state index contributed by atoms with van der Waals surface area (Å²) in [5, 5.41) is 2.91. The molecule has 5 nitrogen and oxygen atoms in total. The maximum absolute atomic E-state index is 12.0. The van der Waals surface area contributed by atoms with Gasteiger partial charge in [-0.3, -0.25) is 4.79 Å². The van der Waals surface area contributed by atoms with E-state index < -0.39 is 0 Å². The minimum Gasteiger partial charge on any atom is -0.495 e. The lowest BCUT2D eigenvalue weighted by Gasteiger charge is -2.31. The molecule has 1 aromatic carbocycles. The van der Waals surface area contributed by atoms with Crippen LogP contribution in [0.1, 0.15) is 19.3 Å². The van der Waals surface area contributed by atoms with Crippen molar-refractivity contribution in [2.24, 2.45) is 11.7 Å². The average molecular weight is 291 g/mol. The molecule has 1 aromatic rings. The average Bonchev–Trinajstić information content (AvgIpc) is 2.54. The van der Waals surface area contributed by atoms with Crippen LogP contribution in [0.15, 0.2) is 24.3 Å². The van der Waals surface area contributed by atoms with E-state index in [1.54, 1.807) is 7.11 Å². The van der Waals surface area contributed by atoms with Crippen LogP contribution in [-0.4, -0.2) is 44.1 Å². The summed E-state index contributed by atoms with van der Waals surface area (Å²) in [7, 11) is 1.60. The number of hydrogen-bond acceptors (Lipinski definition) is 4. The molecule has 0 spiro atoms. The first-order valence-electron chi connectivity index (χ1n) is 7.58. The maximum Gasteiger partial charge on any atom is 0.225 e. The summed E-state index contributed by atoms with van der Waals surface area (Å²) in [4.78, 5) is 14.4. The topological polar surface area (TPSA) is 67.6 Å². The van der Waals surface area contributed by atoms with Crippen molar-refractivity contribution < 1.29 is 9.53 Å². The van der Waals surface area contributed by atoms with Gasteiger partial charge in [0.15, 0.2) is 0 Å². The Morgan fingerprint density at radius 3 is 2.76 bits per heavy atom. The van der Waals surface area contributed by atoms with Gasteiger partial charge >= 0.3 is 0 Å². The summed E-state index contributed by atoms with van der Waals surface area (Å²) in [6.07, 6.45) is 2.79. The predicted octanol–water partition coefficient (Wildman–Crippen LogP) is 1.69. The Morgan fingerprint density at radius 1 is 1.38 bits per heavy atom. The van der Waals surface area contributed by atoms with E-state index in [4.69, 9.17) is 10.5 Å². The van der Waals surface area contributed by atoms with Gasteiger partial charge in [-0.25, -0.2) is 0 Å². The van der Waals surface area contributed by atoms with Gasteiger partial charge in [-0.1, -0.05) is 12.1 Å². The van der Waals surface area contributed by atoms with Gasteiger partial charge in [0.1, 0.15) is 5.75 Å². The van der Waals surface area contributed by atoms with Gasteiger partial charge in [0, 0.05) is 13.0 Å². The van der Waals surface area contributed by atoms with Gasteiger partial charge in [-0.15, -0.1) is 0 Å². The number of carbonyl (C=O) groups is 1. The fraction of sp³-hybridized carbons (Fsp3) is 0.562. The number of piperidine rings is 1. The SMILES string of the molecule is COc1ccccc1NC(=O)CCN1CCC(CN)CC1. The number of nitrogens with two attached hydrogens (primary N) is 1. The van der Waals surface area contributed by atoms with Crippen LogP contribution >= 0.6 is 0 Å². The van der Waals surface area contributed by atoms with Gasteiger partial charge in [0.25, 0.3) is 0 Å². The molecule has 0 unspecified atom stereocenters. The predicted molar refractivity (Wildman–Crippen MR) is 84.5 cm³/mol. The zero-order valence-electron chi connectivity index (χ0n) is 12.7. The van der Waals surface area contributed by atoms with Crippen molar-refractivity contribution in [3.05, 3.63) is 24.3 Å². The standard InChI is InChI=1S/C16H25N3O2/c1-21-15-5-3-2-4-14(15)18-16(20)8-11-19-9-6-13(12-17)7-10-19/h2-5,13H,6-12,17H2,1H3,(H,18,20). The monoisotopic (exact) mass is 291 g/mol. The molecule has 2 rings (SSSR count). The number of hydrogen-bond donors (Lipinski definition) is 2. The molecule has 0 aliphatic carbocycles. The van der Waals surface area contributed by atoms with Gasteiger partial charge in [0.05, 0.1) is 12.8 Å². The molecule has 1 heterocycles. The Balaban J connectivity index is 1.75. The molecule has 3 N–H and O–H groups in total. The fourth-order valence-electron chi connectivity index (χ4n) is 2.67. The zero-order chi connectivity index (χ0) is 15.1. The number of likely N-dealkylation sites (tertiary alicyclic amines) is 1. The highest BCUT2D eigenvalue weighted by molar-refractivity contribution is 5.92. The molecule has 5 heteroatoms. The molecule has 0 saturated carbocycles. The quantitative estimate of drug-likeness (QED) is 0.837. The van der Waals surface area contributed by atoms with E-state index in [2.05, 4.69) is 10.2 Å². The third kappa shape index (κ3) is 4.72. The number of benzene rings is 1. The largest absolute Gasteiger partial charge is 0.495 e. The van der Waals surface area contributed by atoms with Gasteiger partial charge in [0.2, 0.25) is 5.91 Å². The molecule has 21 heavy (non-hydrogen) atoms. The second kappa shape index (κ2) is 8.00. The second-order valence-corrected chi connectivity index (χ2v) is 5.52. The number of amides is 1. The number of nitrogens with one attached hydrogen (secondary N) is 1. The van der Waals surface area contributed by atoms with Crippen molar-refractivity contribution in [2.75, 3.05) is 38.6 Å². The van der Waals surface area contributed by atoms with E-state index in [0.717, 1.165) is 44.7 Å². The minimum absolute atomic E-state index is 0.0282. The summed E-state index contributed by atoms with van der Waals surface area (Å²) in [5.74, 6) is 1.37. The third-order valence-electron chi connectivity index (χ3n) is 4.08. The van der Waals surface area contributed by atoms with Crippen molar-refractivity contribution in [3.63, 3.8) is 0 Å². The second-order valence-electron chi connectivity index (χ2n) is 5.52. The number of nitrogens with zero attached hydrogens (tertiary/aromatic N) is 1. The molecule has 0 aromatic heterocycles. The van der Waals surface area contributed by atoms with E-state index >= 15 is 0 Å². The molecular formula is C16H25N3O2. The van der Waals surface area contributed by atoms with E-state index in [1.807, 2.05) is 24.3 Å². The van der Waals surface area contributed by atoms with Crippen LogP contribution in [0.5, 0.6) is 5.75 Å². The van der Waals surface area contributed by atoms with Crippen LogP contribution in [0.2, 0.25) is 0 Å². The number of rotatable bonds is 6. The van der Waals surface area contributed by atoms with Gasteiger partial charge in [-0.2, -0.15) is 0 Å². The lowest BCUT2D eigenvalue weighted by molar-refractivity contribution is -0.116. The maximum atomic E-state index is 12.0. The molecule has 1 fully saturated rings. The summed E-state index contributed by atoms with van der Waals surface area (Å²) < 4.78 is 5.23. The molecule has 116 valence electrons. The first-order valence-corrected chi connectivity index (χ1v) is 7.58. The van der Waals surface area contributed by atoms with Gasteiger partial charge < -0.3 is 20.7 Å². The molecule has 0 atom stereocenters. The summed E-state index contributed by atoms with van der Waals surface area (Å²) in [6.45, 7) is 3.67. The smallest absolute Gasteiger partial charge is 0.225 e. The van der Waals surface area contributed by atoms with E-state index in [9.17, 15) is 4.79 Å². The van der Waals surface area contributed by atoms with Crippen molar-refractivity contribution >= 4 is 11.6 Å². The first-order chi connectivity index (χ1) is 10.2. The lowest BCUT2D eigenvalue weighted by Crippen LogP contribution is -2.37. The van der Waals surface area contributed by atoms with Crippen molar-refractivity contribution in [1.82, 2.24) is 4.90 Å². The van der Waals surface area contributed by atoms with Crippen molar-refractivity contribution in [2.45, 2.75) is 19.3 Å². The number of methoxy groups -OCH3 is 1. The van der Waals surface area contributed by atoms with Crippen LogP contribution in [0.3, 0.4) is 0 Å². The van der Waals surface area contributed by atoms with Crippen LogP contribution in [0, 0.1) is 5.92 Å². The van der Waals surface area contributed by atoms with Crippen LogP contribution in [0.25, 0.3) is 0 Å². The van der Waals surface area contributed by atoms with E-state index in [1.165, 1.54) is 0 Å². The van der Waals surface area contributed by atoms with Gasteiger partial charge in [-0.05, 0) is 50.5 Å². The summed E-state index contributed by atoms with van der Waals surface area (Å²) in [6, 6.07) is 7.46. The molecular weight excluding hydrogens is 266 g/mol. The Bertz CT molecular complexity index is 457. The van der Waals surface area contributed by atoms with Crippen LogP contribution in [-0.2, 0) is 4.79 Å².